The molecule has 0 bridgehead atoms. The van der Waals surface area contributed by atoms with Gasteiger partial charge >= 0.3 is 5.97 Å². The zero-order chi connectivity index (χ0) is 15.0. The molecule has 0 aliphatic rings. The third-order valence-corrected chi connectivity index (χ3v) is 3.04. The van der Waals surface area contributed by atoms with E-state index in [-0.39, 0.29) is 17.0 Å². The molecule has 0 amide bonds. The van der Waals surface area contributed by atoms with Crippen LogP contribution in [0.2, 0.25) is 0 Å². The summed E-state index contributed by atoms with van der Waals surface area (Å²) in [7, 11) is 0. The van der Waals surface area contributed by atoms with Gasteiger partial charge in [0.15, 0.2) is 5.75 Å². The number of ether oxygens (including phenoxy) is 1. The van der Waals surface area contributed by atoms with E-state index >= 15 is 0 Å². The molecule has 0 saturated heterocycles. The Morgan fingerprint density at radius 2 is 1.81 bits per heavy atom. The first-order valence-corrected chi connectivity index (χ1v) is 6.08. The Morgan fingerprint density at radius 3 is 2.57 bits per heavy atom. The fourth-order valence-electron chi connectivity index (χ4n) is 2.03. The monoisotopic (exact) mass is 288 g/mol. The Balaban J connectivity index is 1.93. The van der Waals surface area contributed by atoms with Gasteiger partial charge in [0.05, 0.1) is 11.1 Å². The minimum atomic E-state index is -0.710. The lowest BCUT2D eigenvalue weighted by Crippen LogP contribution is -2.11. The Bertz CT molecular complexity index is 843. The zero-order valence-electron chi connectivity index (χ0n) is 10.7. The number of anilines is 1. The number of nitrogens with one attached hydrogen (secondary N) is 1. The maximum absolute atomic E-state index is 13.1. The Morgan fingerprint density at radius 1 is 1.10 bits per heavy atom. The molecule has 1 heterocycles. The van der Waals surface area contributed by atoms with E-state index in [1.165, 1.54) is 30.5 Å². The Labute approximate surface area is 118 Å². The topological polar surface area (TPSA) is 68.1 Å². The van der Waals surface area contributed by atoms with Crippen molar-refractivity contribution in [3.63, 3.8) is 0 Å². The molecule has 0 fully saturated rings. The largest absolute Gasteiger partial charge is 0.421 e. The van der Waals surface area contributed by atoms with Gasteiger partial charge < -0.3 is 15.5 Å². The third-order valence-electron chi connectivity index (χ3n) is 3.04. The Hall–Kier alpha value is -2.89. The summed E-state index contributed by atoms with van der Waals surface area (Å²) < 4.78 is 31.3. The molecule has 2 aromatic carbocycles. The molecule has 0 spiro atoms. The number of nitrogen functional groups attached to an aromatic ring is 1. The molecule has 0 aliphatic carbocycles. The molecule has 21 heavy (non-hydrogen) atoms. The van der Waals surface area contributed by atoms with Gasteiger partial charge in [-0.25, -0.2) is 13.6 Å². The SMILES string of the molecule is Nc1cc(F)ccc1C(=O)Oc1c[nH]c2cc(F)ccc12. The first kappa shape index (κ1) is 13.1. The second-order valence-electron chi connectivity index (χ2n) is 4.46. The van der Waals surface area contributed by atoms with E-state index in [1.807, 2.05) is 0 Å². The summed E-state index contributed by atoms with van der Waals surface area (Å²) in [5.74, 6) is -1.40. The maximum atomic E-state index is 13.1. The molecule has 0 radical (unpaired) electrons. The van der Waals surface area contributed by atoms with Gasteiger partial charge in [-0.2, -0.15) is 0 Å². The van der Waals surface area contributed by atoms with Crippen molar-refractivity contribution in [3.8, 4) is 5.75 Å². The summed E-state index contributed by atoms with van der Waals surface area (Å²) in [6.45, 7) is 0. The average molecular weight is 288 g/mol. The molecule has 3 aromatic rings. The van der Waals surface area contributed by atoms with Gasteiger partial charge in [0.25, 0.3) is 0 Å². The second kappa shape index (κ2) is 4.90. The van der Waals surface area contributed by atoms with Crippen LogP contribution >= 0.6 is 0 Å². The number of carbonyl (C=O) groups excluding carboxylic acids is 1. The van der Waals surface area contributed by atoms with Crippen LogP contribution < -0.4 is 10.5 Å². The van der Waals surface area contributed by atoms with Gasteiger partial charge in [-0.15, -0.1) is 0 Å². The van der Waals surface area contributed by atoms with Crippen molar-refractivity contribution >= 4 is 22.6 Å². The summed E-state index contributed by atoms with van der Waals surface area (Å²) in [5, 5.41) is 0.561. The highest BCUT2D eigenvalue weighted by molar-refractivity contribution is 5.98. The highest BCUT2D eigenvalue weighted by Gasteiger charge is 2.15. The average Bonchev–Trinajstić information content (AvgIpc) is 2.80. The summed E-state index contributed by atoms with van der Waals surface area (Å²) >= 11 is 0. The molecule has 106 valence electrons. The summed E-state index contributed by atoms with van der Waals surface area (Å²) in [6, 6.07) is 7.47. The van der Waals surface area contributed by atoms with E-state index in [2.05, 4.69) is 4.98 Å². The first-order valence-electron chi connectivity index (χ1n) is 6.08. The fraction of sp³-hybridized carbons (Fsp3) is 0. The van der Waals surface area contributed by atoms with Crippen LogP contribution in [-0.2, 0) is 0 Å². The van der Waals surface area contributed by atoms with Gasteiger partial charge in [0.2, 0.25) is 0 Å². The molecule has 6 heteroatoms. The summed E-state index contributed by atoms with van der Waals surface area (Å²) in [4.78, 5) is 14.8. The van der Waals surface area contributed by atoms with Crippen LogP contribution in [0.15, 0.2) is 42.6 Å². The van der Waals surface area contributed by atoms with Crippen LogP contribution in [0.4, 0.5) is 14.5 Å². The van der Waals surface area contributed by atoms with E-state index < -0.39 is 17.6 Å². The van der Waals surface area contributed by atoms with Crippen LogP contribution in [0.3, 0.4) is 0 Å². The number of esters is 1. The van der Waals surface area contributed by atoms with Crippen molar-refractivity contribution in [2.75, 3.05) is 5.73 Å². The van der Waals surface area contributed by atoms with Gasteiger partial charge in [0.1, 0.15) is 11.6 Å². The number of carbonyl (C=O) groups is 1. The van der Waals surface area contributed by atoms with E-state index in [0.29, 0.717) is 10.9 Å². The van der Waals surface area contributed by atoms with Crippen LogP contribution in [0, 0.1) is 11.6 Å². The molecule has 0 unspecified atom stereocenters. The number of halogens is 2. The van der Waals surface area contributed by atoms with Crippen LogP contribution in [-0.4, -0.2) is 11.0 Å². The number of benzene rings is 2. The van der Waals surface area contributed by atoms with Gasteiger partial charge in [-0.3, -0.25) is 0 Å². The predicted octanol–water partition coefficient (Wildman–Crippen LogP) is 3.25. The molecule has 0 saturated carbocycles. The zero-order valence-corrected chi connectivity index (χ0v) is 10.7. The fourth-order valence-corrected chi connectivity index (χ4v) is 2.03. The van der Waals surface area contributed by atoms with Crippen molar-refractivity contribution in [3.05, 3.63) is 59.8 Å². The minimum absolute atomic E-state index is 0.00844. The molecule has 1 aromatic heterocycles. The lowest BCUT2D eigenvalue weighted by molar-refractivity contribution is 0.0738. The summed E-state index contributed by atoms with van der Waals surface area (Å²) in [5.41, 5.74) is 6.14. The quantitative estimate of drug-likeness (QED) is 0.562. The number of fused-ring (bicyclic) bond motifs is 1. The van der Waals surface area contributed by atoms with E-state index in [9.17, 15) is 13.6 Å². The van der Waals surface area contributed by atoms with Crippen LogP contribution in [0.1, 0.15) is 10.4 Å². The van der Waals surface area contributed by atoms with Crippen molar-refractivity contribution in [1.82, 2.24) is 4.98 Å². The van der Waals surface area contributed by atoms with Crippen molar-refractivity contribution in [2.24, 2.45) is 0 Å². The molecule has 4 nitrogen and oxygen atoms in total. The molecule has 0 aliphatic heterocycles. The number of H-pyrrole nitrogens is 1. The van der Waals surface area contributed by atoms with E-state index in [4.69, 9.17) is 10.5 Å². The highest BCUT2D eigenvalue weighted by Crippen LogP contribution is 2.27. The maximum Gasteiger partial charge on any atom is 0.345 e. The van der Waals surface area contributed by atoms with Crippen molar-refractivity contribution in [1.29, 1.82) is 0 Å². The van der Waals surface area contributed by atoms with Gasteiger partial charge in [-0.05, 0) is 36.4 Å². The lowest BCUT2D eigenvalue weighted by atomic mass is 10.2. The number of hydrogen-bond acceptors (Lipinski definition) is 3. The number of aromatic amines is 1. The Kier molecular flexibility index (Phi) is 3.06. The smallest absolute Gasteiger partial charge is 0.345 e. The molecular weight excluding hydrogens is 278 g/mol. The predicted molar refractivity (Wildman–Crippen MR) is 74.0 cm³/mol. The highest BCUT2D eigenvalue weighted by atomic mass is 19.1. The van der Waals surface area contributed by atoms with Crippen LogP contribution in [0.25, 0.3) is 10.9 Å². The van der Waals surface area contributed by atoms with Crippen molar-refractivity contribution < 1.29 is 18.3 Å². The molecular formula is C15H10F2N2O2. The van der Waals surface area contributed by atoms with E-state index in [0.717, 1.165) is 12.1 Å². The van der Waals surface area contributed by atoms with Crippen LogP contribution in [0.5, 0.6) is 5.75 Å². The second-order valence-corrected chi connectivity index (χ2v) is 4.46. The first-order chi connectivity index (χ1) is 10.0. The van der Waals surface area contributed by atoms with Crippen molar-refractivity contribution in [2.45, 2.75) is 0 Å². The van der Waals surface area contributed by atoms with Gasteiger partial charge in [0, 0.05) is 17.3 Å². The molecule has 3 rings (SSSR count). The third kappa shape index (κ3) is 2.43. The molecule has 3 N–H and O–H groups in total. The standard InChI is InChI=1S/C15H10F2N2O2/c16-8-1-3-10(12(18)5-8)15(20)21-14-7-19-13-6-9(17)2-4-11(13)14/h1-7,19H,18H2. The minimum Gasteiger partial charge on any atom is -0.421 e. The number of hydrogen-bond donors (Lipinski definition) is 2. The number of aromatic nitrogens is 1. The number of nitrogens with two attached hydrogens (primary N) is 1. The number of rotatable bonds is 2. The molecule has 0 atom stereocenters. The lowest BCUT2D eigenvalue weighted by Gasteiger charge is -2.05. The summed E-state index contributed by atoms with van der Waals surface area (Å²) in [6.07, 6.45) is 1.45. The normalized spacial score (nSPS) is 10.8. The van der Waals surface area contributed by atoms with Gasteiger partial charge in [-0.1, -0.05) is 0 Å². The van der Waals surface area contributed by atoms with E-state index in [1.54, 1.807) is 0 Å².